The van der Waals surface area contributed by atoms with Crippen molar-refractivity contribution in [2.75, 3.05) is 44.8 Å². The summed E-state index contributed by atoms with van der Waals surface area (Å²) < 4.78 is 17.9. The number of fused-ring (bicyclic) bond motifs is 7. The van der Waals surface area contributed by atoms with Crippen LogP contribution in [0.1, 0.15) is 24.8 Å². The number of ether oxygens (including phenoxy) is 3. The van der Waals surface area contributed by atoms with E-state index in [9.17, 15) is 0 Å². The molecule has 9 heteroatoms. The summed E-state index contributed by atoms with van der Waals surface area (Å²) in [7, 11) is 0. The molecule has 0 amide bonds. The fraction of sp³-hybridized carbons (Fsp3) is 0.370. The maximum atomic E-state index is 6.44. The van der Waals surface area contributed by atoms with Crippen LogP contribution in [0.3, 0.4) is 0 Å². The minimum Gasteiger partial charge on any atom is -0.492 e. The van der Waals surface area contributed by atoms with Gasteiger partial charge in [0, 0.05) is 35.6 Å². The van der Waals surface area contributed by atoms with Gasteiger partial charge in [0.05, 0.1) is 36.7 Å². The second-order valence-electron chi connectivity index (χ2n) is 8.74. The van der Waals surface area contributed by atoms with Gasteiger partial charge in [0.2, 0.25) is 11.8 Å². The van der Waals surface area contributed by atoms with E-state index in [0.717, 1.165) is 48.6 Å². The van der Waals surface area contributed by atoms with E-state index in [-0.39, 0.29) is 0 Å². The van der Waals surface area contributed by atoms with Crippen molar-refractivity contribution in [3.8, 4) is 22.9 Å². The normalized spacial score (nSPS) is 17.4. The van der Waals surface area contributed by atoms with Gasteiger partial charge in [0.25, 0.3) is 0 Å². The van der Waals surface area contributed by atoms with Crippen molar-refractivity contribution in [3.05, 3.63) is 65.5 Å². The van der Waals surface area contributed by atoms with Crippen molar-refractivity contribution < 1.29 is 14.2 Å². The van der Waals surface area contributed by atoms with E-state index in [1.807, 2.05) is 42.5 Å². The Morgan fingerprint density at radius 3 is 2.92 bits per heavy atom. The van der Waals surface area contributed by atoms with E-state index in [1.165, 1.54) is 12.8 Å². The number of nitrogens with zero attached hydrogens (tertiary/aromatic N) is 4. The van der Waals surface area contributed by atoms with Crippen LogP contribution in [0.5, 0.6) is 11.6 Å². The fourth-order valence-corrected chi connectivity index (χ4v) is 4.45. The first-order valence-electron chi connectivity index (χ1n) is 12.3. The van der Waals surface area contributed by atoms with E-state index in [1.54, 1.807) is 12.4 Å². The number of halogens is 1. The van der Waals surface area contributed by atoms with Crippen LogP contribution in [0.15, 0.2) is 54.9 Å². The molecule has 1 N–H and O–H groups in total. The molecule has 5 rings (SSSR count). The minimum absolute atomic E-state index is 0.427. The van der Waals surface area contributed by atoms with Crippen molar-refractivity contribution in [1.82, 2.24) is 19.9 Å². The third kappa shape index (κ3) is 6.51. The van der Waals surface area contributed by atoms with Crippen LogP contribution >= 0.6 is 11.6 Å². The minimum atomic E-state index is 0.427. The molecule has 36 heavy (non-hydrogen) atoms. The molecule has 2 aromatic heterocycles. The Morgan fingerprint density at radius 1 is 1.08 bits per heavy atom. The fourth-order valence-electron chi connectivity index (χ4n) is 4.25. The third-order valence-corrected chi connectivity index (χ3v) is 6.38. The van der Waals surface area contributed by atoms with Gasteiger partial charge in [-0.25, -0.2) is 15.0 Å². The summed E-state index contributed by atoms with van der Waals surface area (Å²) in [4.78, 5) is 15.8. The number of nitrogens with one attached hydrogen (secondary N) is 1. The molecule has 0 spiro atoms. The van der Waals surface area contributed by atoms with Gasteiger partial charge < -0.3 is 19.5 Å². The first kappa shape index (κ1) is 24.5. The Bertz CT molecular complexity index is 1200. The summed E-state index contributed by atoms with van der Waals surface area (Å²) in [5.74, 6) is 1.79. The lowest BCUT2D eigenvalue weighted by Crippen LogP contribution is -2.25. The summed E-state index contributed by atoms with van der Waals surface area (Å²) in [6.07, 6.45) is 10.6. The molecule has 1 fully saturated rings. The van der Waals surface area contributed by atoms with Gasteiger partial charge in [-0.1, -0.05) is 23.8 Å². The highest BCUT2D eigenvalue weighted by Gasteiger charge is 2.14. The number of hydrogen-bond donors (Lipinski definition) is 1. The van der Waals surface area contributed by atoms with Crippen LogP contribution in [-0.4, -0.2) is 59.3 Å². The zero-order valence-electron chi connectivity index (χ0n) is 20.2. The van der Waals surface area contributed by atoms with Gasteiger partial charge in [0.15, 0.2) is 0 Å². The highest BCUT2D eigenvalue weighted by Crippen LogP contribution is 2.30. The average molecular weight is 508 g/mol. The lowest BCUT2D eigenvalue weighted by Gasteiger charge is -2.17. The molecule has 1 aromatic carbocycles. The molecule has 6 bridgehead atoms. The maximum absolute atomic E-state index is 6.44. The van der Waals surface area contributed by atoms with Crippen LogP contribution in [0.25, 0.3) is 11.3 Å². The quantitative estimate of drug-likeness (QED) is 0.478. The molecule has 0 saturated carbocycles. The highest BCUT2D eigenvalue weighted by molar-refractivity contribution is 6.32. The third-order valence-electron chi connectivity index (χ3n) is 6.11. The first-order chi connectivity index (χ1) is 17.7. The molecule has 188 valence electrons. The topological polar surface area (TPSA) is 81.6 Å². The van der Waals surface area contributed by atoms with E-state index in [0.29, 0.717) is 49.0 Å². The number of pyridine rings is 1. The van der Waals surface area contributed by atoms with E-state index in [4.69, 9.17) is 25.8 Å². The Kier molecular flexibility index (Phi) is 8.28. The zero-order valence-corrected chi connectivity index (χ0v) is 20.9. The molecule has 4 heterocycles. The Balaban J connectivity index is 1.39. The number of anilines is 2. The number of rotatable bonds is 4. The van der Waals surface area contributed by atoms with Crippen molar-refractivity contribution in [2.24, 2.45) is 0 Å². The van der Waals surface area contributed by atoms with Crippen LogP contribution in [-0.2, 0) is 11.3 Å². The average Bonchev–Trinajstić information content (AvgIpc) is 3.41. The molecule has 2 aliphatic heterocycles. The van der Waals surface area contributed by atoms with Crippen molar-refractivity contribution >= 4 is 23.2 Å². The Morgan fingerprint density at radius 2 is 2.00 bits per heavy atom. The smallest absolute Gasteiger partial charge is 0.227 e. The second-order valence-corrected chi connectivity index (χ2v) is 9.15. The van der Waals surface area contributed by atoms with Crippen molar-refractivity contribution in [1.29, 1.82) is 0 Å². The monoisotopic (exact) mass is 507 g/mol. The van der Waals surface area contributed by atoms with Gasteiger partial charge in [-0.2, -0.15) is 0 Å². The summed E-state index contributed by atoms with van der Waals surface area (Å²) in [6, 6.07) is 9.65. The molecule has 0 atom stereocenters. The highest BCUT2D eigenvalue weighted by atomic mass is 35.5. The molecular weight excluding hydrogens is 478 g/mol. The number of likely N-dealkylation sites (tertiary alicyclic amines) is 1. The molecular formula is C27H30ClN5O3. The van der Waals surface area contributed by atoms with Gasteiger partial charge in [-0.3, -0.25) is 4.90 Å². The van der Waals surface area contributed by atoms with Crippen LogP contribution < -0.4 is 14.8 Å². The standard InChI is InChI=1S/C27H30ClN5O3/c28-23-18-30-27-31-22-6-7-24(35-15-12-33-10-2-3-11-33)21(16-22)19-34-13-4-1-5-14-36-25-17-20(8-9-29-25)26(23)32-27/h1,4,6-9,16-18H,2-3,5,10-15,19H2,(H,30,31,32)/b4-1+. The summed E-state index contributed by atoms with van der Waals surface area (Å²) >= 11 is 6.44. The van der Waals surface area contributed by atoms with Crippen LogP contribution in [0.2, 0.25) is 5.02 Å². The lowest BCUT2D eigenvalue weighted by molar-refractivity contribution is 0.144. The van der Waals surface area contributed by atoms with Gasteiger partial charge >= 0.3 is 0 Å². The zero-order chi connectivity index (χ0) is 24.6. The van der Waals surface area contributed by atoms with Crippen molar-refractivity contribution in [3.63, 3.8) is 0 Å². The maximum Gasteiger partial charge on any atom is 0.227 e. The lowest BCUT2D eigenvalue weighted by atomic mass is 10.2. The van der Waals surface area contributed by atoms with E-state index in [2.05, 4.69) is 25.2 Å². The van der Waals surface area contributed by atoms with E-state index >= 15 is 0 Å². The molecule has 2 aliphatic rings. The molecule has 0 unspecified atom stereocenters. The number of aromatic nitrogens is 3. The predicted octanol–water partition coefficient (Wildman–Crippen LogP) is 5.27. The molecule has 0 aliphatic carbocycles. The Hall–Kier alpha value is -3.20. The van der Waals surface area contributed by atoms with Gasteiger partial charge in [-0.05, 0) is 56.6 Å². The number of hydrogen-bond acceptors (Lipinski definition) is 8. The molecule has 8 nitrogen and oxygen atoms in total. The Labute approximate surface area is 216 Å². The first-order valence-corrected chi connectivity index (χ1v) is 12.7. The summed E-state index contributed by atoms with van der Waals surface area (Å²) in [5, 5.41) is 3.74. The van der Waals surface area contributed by atoms with Crippen molar-refractivity contribution in [2.45, 2.75) is 25.9 Å². The molecule has 3 aromatic rings. The predicted molar refractivity (Wildman–Crippen MR) is 140 cm³/mol. The number of benzene rings is 1. The summed E-state index contributed by atoms with van der Waals surface area (Å²) in [5.41, 5.74) is 3.22. The molecule has 0 radical (unpaired) electrons. The summed E-state index contributed by atoms with van der Waals surface area (Å²) in [6.45, 7) is 5.33. The van der Waals surface area contributed by atoms with Gasteiger partial charge in [0.1, 0.15) is 12.4 Å². The van der Waals surface area contributed by atoms with Crippen LogP contribution in [0.4, 0.5) is 11.6 Å². The van der Waals surface area contributed by atoms with E-state index < -0.39 is 0 Å². The largest absolute Gasteiger partial charge is 0.492 e. The second kappa shape index (κ2) is 12.2. The molecule has 1 saturated heterocycles. The van der Waals surface area contributed by atoms with Crippen LogP contribution in [0, 0.1) is 0 Å². The SMILES string of the molecule is Clc1cnc2nc1-c1ccnc(c1)OCC/C=C/COCc1cc(ccc1OCCN1CCCC1)N2. The van der Waals surface area contributed by atoms with Gasteiger partial charge in [-0.15, -0.1) is 0 Å².